The van der Waals surface area contributed by atoms with Crippen molar-refractivity contribution in [3.63, 3.8) is 0 Å². The van der Waals surface area contributed by atoms with E-state index in [9.17, 15) is 0 Å². The minimum Gasteiger partial charge on any atom is -0.282 e. The largest absolute Gasteiger partial charge is 0.282 e. The summed E-state index contributed by atoms with van der Waals surface area (Å²) in [6.07, 6.45) is 0. The first kappa shape index (κ1) is 16.7. The molecular formula is C18H9Cl2N5. The number of hydrogen-bond donors (Lipinski definition) is 1. The molecule has 0 bridgehead atoms. The number of hydrogen-bond acceptors (Lipinski definition) is 4. The molecule has 0 aromatic heterocycles. The lowest BCUT2D eigenvalue weighted by molar-refractivity contribution is 1.34. The van der Waals surface area contributed by atoms with Gasteiger partial charge in [0.15, 0.2) is 11.4 Å². The Balaban J connectivity index is 2.22. The summed E-state index contributed by atoms with van der Waals surface area (Å²) in [6.45, 7) is 0. The van der Waals surface area contributed by atoms with Crippen molar-refractivity contribution >= 4 is 40.6 Å². The van der Waals surface area contributed by atoms with Gasteiger partial charge >= 0.3 is 0 Å². The van der Waals surface area contributed by atoms with Crippen LogP contribution in [0.5, 0.6) is 0 Å². The highest BCUT2D eigenvalue weighted by molar-refractivity contribution is 6.42. The molecule has 0 saturated heterocycles. The molecule has 0 aliphatic carbocycles. The number of amidine groups is 2. The molecule has 0 unspecified atom stereocenters. The van der Waals surface area contributed by atoms with Gasteiger partial charge in [0.1, 0.15) is 23.7 Å². The van der Waals surface area contributed by atoms with E-state index in [-0.39, 0.29) is 17.1 Å². The summed E-state index contributed by atoms with van der Waals surface area (Å²) in [5, 5.41) is 27.4. The van der Waals surface area contributed by atoms with Gasteiger partial charge in [0.05, 0.1) is 15.7 Å². The third kappa shape index (κ3) is 2.99. The standard InChI is InChI=1S/C18H9Cl2N5/c19-14-7-6-13(8-15(14)20)25-17(23)16(12(9-21)10-22)24-18(25)11-4-2-1-3-5-11/h1-8,23H. The normalized spacial score (nSPS) is 13.3. The monoisotopic (exact) mass is 365 g/mol. The maximum absolute atomic E-state index is 9.15. The molecule has 1 aliphatic heterocycles. The van der Waals surface area contributed by atoms with Gasteiger partial charge in [-0.2, -0.15) is 10.5 Å². The molecule has 1 N–H and O–H groups in total. The lowest BCUT2D eigenvalue weighted by atomic mass is 10.1. The number of anilines is 1. The number of halogens is 2. The Labute approximate surface area is 154 Å². The molecule has 0 fully saturated rings. The lowest BCUT2D eigenvalue weighted by Crippen LogP contribution is -2.32. The number of nitrogens with one attached hydrogen (secondary N) is 1. The maximum atomic E-state index is 9.15. The maximum Gasteiger partial charge on any atom is 0.159 e. The summed E-state index contributed by atoms with van der Waals surface area (Å²) in [7, 11) is 0. The number of nitriles is 2. The van der Waals surface area contributed by atoms with Crippen molar-refractivity contribution in [1.82, 2.24) is 0 Å². The van der Waals surface area contributed by atoms with Crippen LogP contribution < -0.4 is 4.90 Å². The Morgan fingerprint density at radius 2 is 1.68 bits per heavy atom. The van der Waals surface area contributed by atoms with Gasteiger partial charge in [0, 0.05) is 5.56 Å². The third-order valence-corrected chi connectivity index (χ3v) is 4.27. The van der Waals surface area contributed by atoms with Crippen LogP contribution in [0.1, 0.15) is 5.56 Å². The zero-order chi connectivity index (χ0) is 18.0. The molecule has 2 aromatic carbocycles. The molecule has 7 heteroatoms. The average molecular weight is 366 g/mol. The van der Waals surface area contributed by atoms with Crippen LogP contribution in [0.2, 0.25) is 10.0 Å². The van der Waals surface area contributed by atoms with Crippen LogP contribution >= 0.6 is 23.2 Å². The van der Waals surface area contributed by atoms with Crippen LogP contribution in [0, 0.1) is 28.1 Å². The predicted octanol–water partition coefficient (Wildman–Crippen LogP) is 4.54. The number of aliphatic imine (C=N–C) groups is 1. The molecule has 5 nitrogen and oxygen atoms in total. The van der Waals surface area contributed by atoms with E-state index in [2.05, 4.69) is 4.99 Å². The van der Waals surface area contributed by atoms with E-state index in [1.165, 1.54) is 4.90 Å². The van der Waals surface area contributed by atoms with Crippen LogP contribution in [-0.4, -0.2) is 11.7 Å². The summed E-state index contributed by atoms with van der Waals surface area (Å²) in [5.74, 6) is 0.359. The molecule has 0 saturated carbocycles. The van der Waals surface area contributed by atoms with Crippen LogP contribution in [-0.2, 0) is 0 Å². The van der Waals surface area contributed by atoms with Crippen LogP contribution in [0.3, 0.4) is 0 Å². The van der Waals surface area contributed by atoms with Crippen LogP contribution in [0.25, 0.3) is 0 Å². The second kappa shape index (κ2) is 6.78. The minimum atomic E-state index is -0.221. The third-order valence-electron chi connectivity index (χ3n) is 3.53. The van der Waals surface area contributed by atoms with Gasteiger partial charge in [-0.1, -0.05) is 53.5 Å². The van der Waals surface area contributed by atoms with E-state index in [0.29, 0.717) is 21.6 Å². The van der Waals surface area contributed by atoms with Gasteiger partial charge in [0.25, 0.3) is 0 Å². The van der Waals surface area contributed by atoms with Crippen molar-refractivity contribution in [2.75, 3.05) is 4.90 Å². The summed E-state index contributed by atoms with van der Waals surface area (Å²) in [4.78, 5) is 5.90. The first-order valence-electron chi connectivity index (χ1n) is 7.09. The Morgan fingerprint density at radius 1 is 1.00 bits per heavy atom. The van der Waals surface area contributed by atoms with Crippen molar-refractivity contribution < 1.29 is 0 Å². The highest BCUT2D eigenvalue weighted by Crippen LogP contribution is 2.32. The Kier molecular flexibility index (Phi) is 4.54. The summed E-state index contributed by atoms with van der Waals surface area (Å²) in [6, 6.07) is 17.7. The van der Waals surface area contributed by atoms with Gasteiger partial charge in [-0.05, 0) is 18.2 Å². The smallest absolute Gasteiger partial charge is 0.159 e. The van der Waals surface area contributed by atoms with Gasteiger partial charge in [-0.15, -0.1) is 0 Å². The van der Waals surface area contributed by atoms with E-state index < -0.39 is 0 Å². The van der Waals surface area contributed by atoms with Crippen molar-refractivity contribution in [2.45, 2.75) is 0 Å². The summed E-state index contributed by atoms with van der Waals surface area (Å²) >= 11 is 12.1. The Morgan fingerprint density at radius 3 is 2.28 bits per heavy atom. The van der Waals surface area contributed by atoms with Crippen LogP contribution in [0.4, 0.5) is 5.69 Å². The fourth-order valence-electron chi connectivity index (χ4n) is 2.38. The van der Waals surface area contributed by atoms with Crippen molar-refractivity contribution in [3.8, 4) is 12.1 Å². The topological polar surface area (TPSA) is 87.0 Å². The predicted molar refractivity (Wildman–Crippen MR) is 97.9 cm³/mol. The van der Waals surface area contributed by atoms with Gasteiger partial charge in [-0.3, -0.25) is 10.3 Å². The SMILES string of the molecule is N#CC(C#N)=C1N=C(c2ccccc2)N(c2ccc(Cl)c(Cl)c2)C1=N. The highest BCUT2D eigenvalue weighted by atomic mass is 35.5. The van der Waals surface area contributed by atoms with Crippen LogP contribution in [0.15, 0.2) is 64.8 Å². The molecule has 1 heterocycles. The number of rotatable bonds is 2. The second-order valence-corrected chi connectivity index (χ2v) is 5.85. The van der Waals surface area contributed by atoms with Crippen molar-refractivity contribution in [2.24, 2.45) is 4.99 Å². The van der Waals surface area contributed by atoms with E-state index in [4.69, 9.17) is 39.1 Å². The lowest BCUT2D eigenvalue weighted by Gasteiger charge is -2.21. The second-order valence-electron chi connectivity index (χ2n) is 5.03. The molecule has 25 heavy (non-hydrogen) atoms. The molecule has 0 amide bonds. The molecule has 3 rings (SSSR count). The van der Waals surface area contributed by atoms with E-state index in [1.54, 1.807) is 30.3 Å². The first-order chi connectivity index (χ1) is 12.1. The molecular weight excluding hydrogens is 357 g/mol. The molecule has 0 atom stereocenters. The van der Waals surface area contributed by atoms with Gasteiger partial charge in [0.2, 0.25) is 0 Å². The zero-order valence-corrected chi connectivity index (χ0v) is 14.2. The fraction of sp³-hybridized carbons (Fsp3) is 0. The summed E-state index contributed by atoms with van der Waals surface area (Å²) < 4.78 is 0. The zero-order valence-electron chi connectivity index (χ0n) is 12.7. The van der Waals surface area contributed by atoms with E-state index in [1.807, 2.05) is 30.3 Å². The Bertz CT molecular complexity index is 994. The van der Waals surface area contributed by atoms with Crippen molar-refractivity contribution in [1.29, 1.82) is 15.9 Å². The number of benzene rings is 2. The van der Waals surface area contributed by atoms with Crippen molar-refractivity contribution in [3.05, 3.63) is 75.4 Å². The van der Waals surface area contributed by atoms with Gasteiger partial charge in [-0.25, -0.2) is 4.99 Å². The molecule has 1 aliphatic rings. The van der Waals surface area contributed by atoms with Gasteiger partial charge < -0.3 is 0 Å². The molecule has 0 spiro atoms. The molecule has 0 radical (unpaired) electrons. The number of allylic oxidation sites excluding steroid dienone is 1. The molecule has 2 aromatic rings. The fourth-order valence-corrected chi connectivity index (χ4v) is 2.67. The Hall–Kier alpha value is -3.12. The minimum absolute atomic E-state index is 0.0231. The average Bonchev–Trinajstić information content (AvgIpc) is 2.97. The van der Waals surface area contributed by atoms with E-state index >= 15 is 0 Å². The highest BCUT2D eigenvalue weighted by Gasteiger charge is 2.32. The first-order valence-corrected chi connectivity index (χ1v) is 7.85. The quantitative estimate of drug-likeness (QED) is 0.792. The molecule has 120 valence electrons. The number of nitrogens with zero attached hydrogens (tertiary/aromatic N) is 4. The van der Waals surface area contributed by atoms with E-state index in [0.717, 1.165) is 5.56 Å². The summed E-state index contributed by atoms with van der Waals surface area (Å²) in [5.41, 5.74) is 1.10.